The number of esters is 2. The summed E-state index contributed by atoms with van der Waals surface area (Å²) in [5.41, 5.74) is 0. The SMILES string of the molecule is CCCCCCCCCCC\C=C/C=C\C=C/C=C/C(=O)OC[C@H](COP(=O)([O-])OCC[N+](C)(C)C)OC(=O)CCCCCCCCCCCCCCCCCCCCCCCCCCCCCCC. The Labute approximate surface area is 433 Å². The first kappa shape index (κ1) is 68.0. The molecule has 0 aliphatic rings. The summed E-state index contributed by atoms with van der Waals surface area (Å²) in [6, 6.07) is 0. The summed E-state index contributed by atoms with van der Waals surface area (Å²) in [5.74, 6) is -1.12. The Morgan fingerprint density at radius 1 is 0.471 bits per heavy atom. The number of quaternary nitrogens is 1. The Hall–Kier alpha value is -2.03. The molecular weight excluding hydrogens is 894 g/mol. The number of hydrogen-bond acceptors (Lipinski definition) is 8. The second-order valence-electron chi connectivity index (χ2n) is 21.2. The van der Waals surface area contributed by atoms with Gasteiger partial charge in [0.05, 0.1) is 27.7 Å². The van der Waals surface area contributed by atoms with Crippen molar-refractivity contribution in [2.24, 2.45) is 0 Å². The maximum Gasteiger partial charge on any atom is 0.330 e. The third-order valence-electron chi connectivity index (χ3n) is 13.0. The summed E-state index contributed by atoms with van der Waals surface area (Å²) in [6.45, 7) is 4.10. The van der Waals surface area contributed by atoms with Gasteiger partial charge in [-0.25, -0.2) is 4.79 Å². The van der Waals surface area contributed by atoms with E-state index in [0.29, 0.717) is 17.4 Å². The summed E-state index contributed by atoms with van der Waals surface area (Å²) in [6.07, 6.45) is 65.3. The van der Waals surface area contributed by atoms with Crippen molar-refractivity contribution >= 4 is 19.8 Å². The van der Waals surface area contributed by atoms with E-state index < -0.39 is 32.5 Å². The highest BCUT2D eigenvalue weighted by Crippen LogP contribution is 2.38. The van der Waals surface area contributed by atoms with E-state index in [2.05, 4.69) is 19.9 Å². The summed E-state index contributed by atoms with van der Waals surface area (Å²) in [5, 5.41) is 0. The van der Waals surface area contributed by atoms with Crippen molar-refractivity contribution in [3.8, 4) is 0 Å². The molecule has 9 nitrogen and oxygen atoms in total. The molecule has 0 saturated heterocycles. The van der Waals surface area contributed by atoms with Crippen LogP contribution in [0.15, 0.2) is 48.6 Å². The van der Waals surface area contributed by atoms with Gasteiger partial charge in [-0.1, -0.05) is 288 Å². The lowest BCUT2D eigenvalue weighted by Gasteiger charge is -2.28. The van der Waals surface area contributed by atoms with E-state index in [0.717, 1.165) is 25.7 Å². The number of unbranched alkanes of at least 4 members (excludes halogenated alkanes) is 37. The average Bonchev–Trinajstić information content (AvgIpc) is 3.32. The van der Waals surface area contributed by atoms with Gasteiger partial charge in [-0.3, -0.25) is 9.36 Å². The number of allylic oxidation sites excluding steroid dienone is 7. The van der Waals surface area contributed by atoms with Crippen LogP contribution in [0.5, 0.6) is 0 Å². The first-order chi connectivity index (χ1) is 34.0. The Bertz CT molecular complexity index is 1320. The number of rotatable bonds is 54. The van der Waals surface area contributed by atoms with Gasteiger partial charge in [0.15, 0.2) is 6.10 Å². The molecule has 0 amide bonds. The van der Waals surface area contributed by atoms with Crippen LogP contribution in [0.4, 0.5) is 0 Å². The first-order valence-electron chi connectivity index (χ1n) is 29.4. The van der Waals surface area contributed by atoms with Crippen molar-refractivity contribution in [3.63, 3.8) is 0 Å². The lowest BCUT2D eigenvalue weighted by Crippen LogP contribution is -2.37. The summed E-state index contributed by atoms with van der Waals surface area (Å²) in [4.78, 5) is 37.7. The number of ether oxygens (including phenoxy) is 2. The fourth-order valence-electron chi connectivity index (χ4n) is 8.48. The quantitative estimate of drug-likeness (QED) is 0.0148. The molecule has 0 aliphatic carbocycles. The van der Waals surface area contributed by atoms with E-state index in [-0.39, 0.29) is 19.6 Å². The van der Waals surface area contributed by atoms with Crippen LogP contribution < -0.4 is 4.89 Å². The number of likely N-dealkylation sites (N-methyl/N-ethyl adjacent to an activating group) is 1. The second-order valence-corrected chi connectivity index (χ2v) is 22.6. The predicted octanol–water partition coefficient (Wildman–Crippen LogP) is 17.5. The fraction of sp³-hybridized carbons (Fsp3) is 0.833. The maximum atomic E-state index is 12.8. The zero-order chi connectivity index (χ0) is 51.3. The van der Waals surface area contributed by atoms with Crippen molar-refractivity contribution in [3.05, 3.63) is 48.6 Å². The number of carbonyl (C=O) groups is 2. The highest BCUT2D eigenvalue weighted by Gasteiger charge is 2.21. The van der Waals surface area contributed by atoms with E-state index in [1.165, 1.54) is 224 Å². The van der Waals surface area contributed by atoms with E-state index in [1.807, 2.05) is 45.4 Å². The van der Waals surface area contributed by atoms with Crippen LogP contribution >= 0.6 is 7.82 Å². The molecule has 0 fully saturated rings. The van der Waals surface area contributed by atoms with Gasteiger partial charge in [0.1, 0.15) is 19.8 Å². The van der Waals surface area contributed by atoms with Crippen molar-refractivity contribution in [1.82, 2.24) is 0 Å². The van der Waals surface area contributed by atoms with Crippen LogP contribution in [0, 0.1) is 0 Å². The van der Waals surface area contributed by atoms with Crippen molar-refractivity contribution < 1.29 is 42.1 Å². The molecule has 0 aromatic carbocycles. The van der Waals surface area contributed by atoms with E-state index >= 15 is 0 Å². The van der Waals surface area contributed by atoms with Crippen LogP contribution in [0.1, 0.15) is 271 Å². The molecule has 0 saturated carbocycles. The van der Waals surface area contributed by atoms with Gasteiger partial charge in [-0.2, -0.15) is 0 Å². The van der Waals surface area contributed by atoms with E-state index in [9.17, 15) is 19.0 Å². The minimum absolute atomic E-state index is 0.0491. The van der Waals surface area contributed by atoms with Crippen molar-refractivity contribution in [2.45, 2.75) is 277 Å². The molecule has 0 aliphatic heterocycles. The smallest absolute Gasteiger partial charge is 0.330 e. The fourth-order valence-corrected chi connectivity index (χ4v) is 9.20. The molecule has 0 aromatic rings. The van der Waals surface area contributed by atoms with E-state index in [4.69, 9.17) is 18.5 Å². The van der Waals surface area contributed by atoms with Crippen LogP contribution in [-0.2, 0) is 32.7 Å². The number of nitrogens with zero attached hydrogens (tertiary/aromatic N) is 1. The van der Waals surface area contributed by atoms with Crippen molar-refractivity contribution in [2.75, 3.05) is 47.5 Å². The summed E-state index contributed by atoms with van der Waals surface area (Å²) < 4.78 is 33.9. The first-order valence-corrected chi connectivity index (χ1v) is 30.9. The molecule has 70 heavy (non-hydrogen) atoms. The Balaban J connectivity index is 4.17. The van der Waals surface area contributed by atoms with Gasteiger partial charge in [-0.05, 0) is 19.3 Å². The standard InChI is InChI=1S/C60H112NO8P/c1-6-8-10-12-14-16-18-20-22-24-25-26-27-28-29-30-31-32-33-34-35-37-39-41-43-45-47-49-51-53-60(63)69-58(57-68-70(64,65)67-55-54-61(3,4)5)56-66-59(62)52-50-48-46-44-42-40-38-36-23-21-19-17-15-13-11-9-7-2/h38,40,42,44,46,48,50,52,58H,6-37,39,41,43,45,47,49,51,53-57H2,1-5H3/b40-38-,44-42-,48-46-,52-50+/t58-/m1/s1. The maximum absolute atomic E-state index is 12.8. The number of phosphoric ester groups is 1. The lowest BCUT2D eigenvalue weighted by atomic mass is 10.0. The summed E-state index contributed by atoms with van der Waals surface area (Å²) >= 11 is 0. The molecule has 0 aromatic heterocycles. The normalized spacial score (nSPS) is 13.6. The topological polar surface area (TPSA) is 111 Å². The third-order valence-corrected chi connectivity index (χ3v) is 14.0. The molecule has 1 unspecified atom stereocenters. The third kappa shape index (κ3) is 55.3. The second kappa shape index (κ2) is 51.9. The number of hydrogen-bond donors (Lipinski definition) is 0. The van der Waals surface area contributed by atoms with Gasteiger partial charge in [-0.15, -0.1) is 0 Å². The molecule has 0 heterocycles. The zero-order valence-corrected chi connectivity index (χ0v) is 47.4. The molecule has 2 atom stereocenters. The van der Waals surface area contributed by atoms with Gasteiger partial charge in [0.25, 0.3) is 7.82 Å². The molecular formula is C60H112NO8P. The van der Waals surface area contributed by atoms with Crippen molar-refractivity contribution in [1.29, 1.82) is 0 Å². The zero-order valence-electron chi connectivity index (χ0n) is 46.5. The van der Waals surface area contributed by atoms with Gasteiger partial charge < -0.3 is 27.9 Å². The van der Waals surface area contributed by atoms with Gasteiger partial charge in [0, 0.05) is 12.5 Å². The van der Waals surface area contributed by atoms with Gasteiger partial charge in [0.2, 0.25) is 0 Å². The monoisotopic (exact) mass is 1010 g/mol. The molecule has 0 radical (unpaired) electrons. The molecule has 0 rings (SSSR count). The predicted molar refractivity (Wildman–Crippen MR) is 296 cm³/mol. The molecule has 410 valence electrons. The highest BCUT2D eigenvalue weighted by atomic mass is 31.2. The largest absolute Gasteiger partial charge is 0.756 e. The lowest BCUT2D eigenvalue weighted by molar-refractivity contribution is -0.870. The Morgan fingerprint density at radius 2 is 0.829 bits per heavy atom. The molecule has 0 bridgehead atoms. The van der Waals surface area contributed by atoms with Crippen LogP contribution in [0.2, 0.25) is 0 Å². The average molecular weight is 1010 g/mol. The number of carbonyl (C=O) groups excluding carboxylic acids is 2. The Morgan fingerprint density at radius 3 is 1.23 bits per heavy atom. The highest BCUT2D eigenvalue weighted by molar-refractivity contribution is 7.45. The minimum atomic E-state index is -4.66. The molecule has 0 N–H and O–H groups in total. The number of phosphoric acid groups is 1. The minimum Gasteiger partial charge on any atom is -0.756 e. The molecule has 0 spiro atoms. The van der Waals surface area contributed by atoms with Gasteiger partial charge >= 0.3 is 11.9 Å². The Kier molecular flexibility index (Phi) is 50.4. The van der Waals surface area contributed by atoms with E-state index in [1.54, 1.807) is 12.2 Å². The van der Waals surface area contributed by atoms with Crippen LogP contribution in [0.25, 0.3) is 0 Å². The summed E-state index contributed by atoms with van der Waals surface area (Å²) in [7, 11) is 1.11. The van der Waals surface area contributed by atoms with Crippen LogP contribution in [-0.4, -0.2) is 70.0 Å². The van der Waals surface area contributed by atoms with Crippen LogP contribution in [0.3, 0.4) is 0 Å². The molecule has 10 heteroatoms.